The summed E-state index contributed by atoms with van der Waals surface area (Å²) >= 11 is 0. The average Bonchev–Trinajstić information content (AvgIpc) is 2.85. The molecule has 0 fully saturated rings. The maximum absolute atomic E-state index is 12.2. The molecule has 1 heterocycles. The molecule has 0 aliphatic heterocycles. The number of benzene rings is 1. The lowest BCUT2D eigenvalue weighted by Crippen LogP contribution is -2.13. The van der Waals surface area contributed by atoms with Crippen LogP contribution < -0.4 is 4.72 Å². The highest BCUT2D eigenvalue weighted by atomic mass is 32.2. The van der Waals surface area contributed by atoms with Gasteiger partial charge in [-0.05, 0) is 30.0 Å². The summed E-state index contributed by atoms with van der Waals surface area (Å²) in [5.74, 6) is 0.688. The number of hydrogen-bond acceptors (Lipinski definition) is 3. The molecule has 0 aliphatic rings. The summed E-state index contributed by atoms with van der Waals surface area (Å²) in [6, 6.07) is 8.60. The summed E-state index contributed by atoms with van der Waals surface area (Å²) in [6.45, 7) is 6.10. The van der Waals surface area contributed by atoms with Gasteiger partial charge in [0.1, 0.15) is 0 Å². The molecular weight excluding hydrogens is 274 g/mol. The number of aromatic nitrogens is 2. The zero-order valence-corrected chi connectivity index (χ0v) is 12.7. The molecule has 20 heavy (non-hydrogen) atoms. The predicted octanol–water partition coefficient (Wildman–Crippen LogP) is 2.90. The van der Waals surface area contributed by atoms with E-state index in [1.807, 2.05) is 19.1 Å². The Hall–Kier alpha value is -1.82. The second-order valence-electron chi connectivity index (χ2n) is 4.96. The first-order valence-electron chi connectivity index (χ1n) is 6.59. The minimum Gasteiger partial charge on any atom is -0.280 e. The molecule has 0 aliphatic carbocycles. The van der Waals surface area contributed by atoms with E-state index in [0.29, 0.717) is 11.7 Å². The van der Waals surface area contributed by atoms with Gasteiger partial charge in [0.15, 0.2) is 5.82 Å². The van der Waals surface area contributed by atoms with Crippen molar-refractivity contribution in [2.24, 2.45) is 0 Å². The number of anilines is 1. The third kappa shape index (κ3) is 3.19. The van der Waals surface area contributed by atoms with E-state index in [9.17, 15) is 8.42 Å². The molecule has 1 aromatic carbocycles. The van der Waals surface area contributed by atoms with Crippen molar-refractivity contribution in [3.8, 4) is 0 Å². The Morgan fingerprint density at radius 3 is 2.40 bits per heavy atom. The molecule has 0 saturated heterocycles. The molecule has 0 unspecified atom stereocenters. The van der Waals surface area contributed by atoms with Gasteiger partial charge in [-0.1, -0.05) is 32.9 Å². The number of hydrogen-bond donors (Lipinski definition) is 2. The molecule has 0 saturated carbocycles. The van der Waals surface area contributed by atoms with E-state index in [4.69, 9.17) is 0 Å². The topological polar surface area (TPSA) is 74.8 Å². The number of rotatable bonds is 5. The van der Waals surface area contributed by atoms with Crippen molar-refractivity contribution in [3.63, 3.8) is 0 Å². The van der Waals surface area contributed by atoms with E-state index in [1.54, 1.807) is 18.2 Å². The lowest BCUT2D eigenvalue weighted by Gasteiger charge is -2.08. The van der Waals surface area contributed by atoms with Crippen LogP contribution in [0.4, 0.5) is 5.82 Å². The second-order valence-corrected chi connectivity index (χ2v) is 6.64. The summed E-state index contributed by atoms with van der Waals surface area (Å²) in [6.07, 6.45) is 0.776. The quantitative estimate of drug-likeness (QED) is 0.890. The summed E-state index contributed by atoms with van der Waals surface area (Å²) in [4.78, 5) is 0.239. The number of aryl methyl sites for hydroxylation is 1. The van der Waals surface area contributed by atoms with Crippen LogP contribution in [0.1, 0.15) is 37.9 Å². The molecule has 0 spiro atoms. The van der Waals surface area contributed by atoms with Crippen LogP contribution in [-0.4, -0.2) is 18.6 Å². The van der Waals surface area contributed by atoms with Crippen molar-refractivity contribution in [1.82, 2.24) is 10.2 Å². The first-order chi connectivity index (χ1) is 9.42. The summed E-state index contributed by atoms with van der Waals surface area (Å²) < 4.78 is 26.9. The van der Waals surface area contributed by atoms with Crippen molar-refractivity contribution in [2.45, 2.75) is 38.0 Å². The van der Waals surface area contributed by atoms with Gasteiger partial charge in [0, 0.05) is 11.8 Å². The van der Waals surface area contributed by atoms with Crippen LogP contribution in [0.5, 0.6) is 0 Å². The summed E-state index contributed by atoms with van der Waals surface area (Å²) in [5.41, 5.74) is 2.00. The zero-order valence-electron chi connectivity index (χ0n) is 11.8. The van der Waals surface area contributed by atoms with Crippen molar-refractivity contribution in [1.29, 1.82) is 0 Å². The molecule has 1 aromatic heterocycles. The minimum absolute atomic E-state index is 0.239. The SMILES string of the molecule is CCc1cc(NS(=O)(=O)c2ccc(C(C)C)cc2)n[nH]1. The molecule has 0 bridgehead atoms. The third-order valence-corrected chi connectivity index (χ3v) is 4.48. The van der Waals surface area contributed by atoms with Gasteiger partial charge >= 0.3 is 0 Å². The molecule has 0 atom stereocenters. The van der Waals surface area contributed by atoms with Crippen LogP contribution in [-0.2, 0) is 16.4 Å². The average molecular weight is 293 g/mol. The molecule has 2 rings (SSSR count). The number of nitrogens with zero attached hydrogens (tertiary/aromatic N) is 1. The van der Waals surface area contributed by atoms with Crippen molar-refractivity contribution < 1.29 is 8.42 Å². The molecule has 108 valence electrons. The highest BCUT2D eigenvalue weighted by Crippen LogP contribution is 2.19. The second kappa shape index (κ2) is 5.66. The standard InChI is InChI=1S/C14H19N3O2S/c1-4-12-9-14(16-15-12)17-20(18,19)13-7-5-11(6-8-13)10(2)3/h5-10H,4H2,1-3H3,(H2,15,16,17). The van der Waals surface area contributed by atoms with E-state index in [1.165, 1.54) is 0 Å². The van der Waals surface area contributed by atoms with Crippen LogP contribution in [0.25, 0.3) is 0 Å². The molecule has 0 radical (unpaired) electrons. The van der Waals surface area contributed by atoms with Gasteiger partial charge in [-0.15, -0.1) is 0 Å². The van der Waals surface area contributed by atoms with Gasteiger partial charge in [-0.2, -0.15) is 5.10 Å². The molecule has 2 N–H and O–H groups in total. The monoisotopic (exact) mass is 293 g/mol. The Balaban J connectivity index is 2.21. The van der Waals surface area contributed by atoms with Crippen molar-refractivity contribution in [3.05, 3.63) is 41.6 Å². The lowest BCUT2D eigenvalue weighted by molar-refractivity contribution is 0.601. The maximum atomic E-state index is 12.2. The van der Waals surface area contributed by atoms with Crippen LogP contribution in [0, 0.1) is 0 Å². The van der Waals surface area contributed by atoms with Gasteiger partial charge in [0.2, 0.25) is 0 Å². The smallest absolute Gasteiger partial charge is 0.263 e. The molecule has 6 heteroatoms. The van der Waals surface area contributed by atoms with E-state index >= 15 is 0 Å². The normalized spacial score (nSPS) is 11.8. The van der Waals surface area contributed by atoms with Crippen molar-refractivity contribution in [2.75, 3.05) is 4.72 Å². The number of aromatic amines is 1. The largest absolute Gasteiger partial charge is 0.280 e. The number of sulfonamides is 1. The Kier molecular flexibility index (Phi) is 4.13. The lowest BCUT2D eigenvalue weighted by atomic mass is 10.0. The summed E-state index contributed by atoms with van der Waals surface area (Å²) in [5, 5.41) is 6.70. The minimum atomic E-state index is -3.58. The molecule has 2 aromatic rings. The van der Waals surface area contributed by atoms with Crippen LogP contribution in [0.3, 0.4) is 0 Å². The highest BCUT2D eigenvalue weighted by molar-refractivity contribution is 7.92. The molecule has 5 nitrogen and oxygen atoms in total. The van der Waals surface area contributed by atoms with Gasteiger partial charge in [-0.3, -0.25) is 9.82 Å². The van der Waals surface area contributed by atoms with Crippen LogP contribution >= 0.6 is 0 Å². The Labute approximate surface area is 119 Å². The predicted molar refractivity (Wildman–Crippen MR) is 79.3 cm³/mol. The fourth-order valence-corrected chi connectivity index (χ4v) is 2.82. The van der Waals surface area contributed by atoms with E-state index in [2.05, 4.69) is 28.8 Å². The van der Waals surface area contributed by atoms with Crippen LogP contribution in [0.2, 0.25) is 0 Å². The maximum Gasteiger partial charge on any atom is 0.263 e. The fraction of sp³-hybridized carbons (Fsp3) is 0.357. The Morgan fingerprint density at radius 2 is 1.90 bits per heavy atom. The van der Waals surface area contributed by atoms with E-state index in [-0.39, 0.29) is 4.90 Å². The first kappa shape index (κ1) is 14.6. The first-order valence-corrected chi connectivity index (χ1v) is 8.07. The third-order valence-electron chi connectivity index (χ3n) is 3.11. The van der Waals surface area contributed by atoms with Crippen LogP contribution in [0.15, 0.2) is 35.2 Å². The Bertz CT molecular complexity index is 673. The fourth-order valence-electron chi connectivity index (χ4n) is 1.82. The van der Waals surface area contributed by atoms with Gasteiger partial charge in [0.05, 0.1) is 4.90 Å². The molecular formula is C14H19N3O2S. The van der Waals surface area contributed by atoms with Gasteiger partial charge in [-0.25, -0.2) is 8.42 Å². The Morgan fingerprint density at radius 1 is 1.25 bits per heavy atom. The van der Waals surface area contributed by atoms with E-state index < -0.39 is 10.0 Å². The van der Waals surface area contributed by atoms with Gasteiger partial charge < -0.3 is 0 Å². The molecule has 0 amide bonds. The van der Waals surface area contributed by atoms with Crippen molar-refractivity contribution >= 4 is 15.8 Å². The highest BCUT2D eigenvalue weighted by Gasteiger charge is 2.15. The summed E-state index contributed by atoms with van der Waals surface area (Å²) in [7, 11) is -3.58. The van der Waals surface area contributed by atoms with Gasteiger partial charge in [0.25, 0.3) is 10.0 Å². The number of H-pyrrole nitrogens is 1. The zero-order chi connectivity index (χ0) is 14.8. The number of nitrogens with one attached hydrogen (secondary N) is 2. The van der Waals surface area contributed by atoms with E-state index in [0.717, 1.165) is 17.7 Å².